The Morgan fingerprint density at radius 2 is 1.62 bits per heavy atom. The Morgan fingerprint density at radius 1 is 0.912 bits per heavy atom. The maximum atomic E-state index is 12.9. The lowest BCUT2D eigenvalue weighted by molar-refractivity contribution is 0.0761. The van der Waals surface area contributed by atoms with Gasteiger partial charge in [0, 0.05) is 30.6 Å². The van der Waals surface area contributed by atoms with Crippen LogP contribution in [-0.4, -0.2) is 49.4 Å². The topological polar surface area (TPSA) is 74.6 Å². The molecule has 6 nitrogen and oxygen atoms in total. The molecule has 0 aliphatic carbocycles. The maximum Gasteiger partial charge on any atom is 0.287 e. The highest BCUT2D eigenvalue weighted by molar-refractivity contribution is 5.97. The highest BCUT2D eigenvalue weighted by atomic mass is 16.3. The van der Waals surface area contributed by atoms with Gasteiger partial charge >= 0.3 is 0 Å². The van der Waals surface area contributed by atoms with Gasteiger partial charge in [-0.2, -0.15) is 0 Å². The second-order valence-electron chi connectivity index (χ2n) is 9.55. The summed E-state index contributed by atoms with van der Waals surface area (Å²) < 4.78 is 5.90. The van der Waals surface area contributed by atoms with E-state index in [1.54, 1.807) is 6.07 Å². The Bertz CT molecular complexity index is 1140. The maximum absolute atomic E-state index is 12.9. The Kier molecular flexibility index (Phi) is 6.95. The fraction of sp³-hybridized carbons (Fsp3) is 0.429. The molecule has 0 atom stereocenters. The highest BCUT2D eigenvalue weighted by Gasteiger charge is 2.19. The van der Waals surface area contributed by atoms with Gasteiger partial charge in [0.1, 0.15) is 5.58 Å². The van der Waals surface area contributed by atoms with E-state index in [-0.39, 0.29) is 11.8 Å². The first-order chi connectivity index (χ1) is 16.7. The van der Waals surface area contributed by atoms with Crippen LogP contribution in [0.5, 0.6) is 0 Å². The number of carbonyl (C=O) groups is 2. The molecule has 0 radical (unpaired) electrons. The van der Waals surface area contributed by atoms with Crippen LogP contribution in [0.3, 0.4) is 0 Å². The van der Waals surface area contributed by atoms with E-state index < -0.39 is 0 Å². The minimum Gasteiger partial charge on any atom is -0.451 e. The standard InChI is InChI=1S/C28H33N3O3/c32-27(30-19-20-11-13-29-14-12-20)26-18-24-10-9-23(17-25(24)34-26)21-5-7-22(8-6-21)28(33)31-15-3-1-2-4-16-31/h5-10,17-18,20,29H,1-4,11-16,19H2,(H,30,32). The molecule has 1 aromatic heterocycles. The molecular formula is C28H33N3O3. The van der Waals surface area contributed by atoms with Gasteiger partial charge in [-0.1, -0.05) is 37.1 Å². The van der Waals surface area contributed by atoms with Crippen molar-refractivity contribution >= 4 is 22.8 Å². The largest absolute Gasteiger partial charge is 0.451 e. The summed E-state index contributed by atoms with van der Waals surface area (Å²) >= 11 is 0. The van der Waals surface area contributed by atoms with Crippen LogP contribution >= 0.6 is 0 Å². The monoisotopic (exact) mass is 459 g/mol. The summed E-state index contributed by atoms with van der Waals surface area (Å²) in [4.78, 5) is 27.5. The van der Waals surface area contributed by atoms with Gasteiger partial charge in [-0.25, -0.2) is 0 Å². The van der Waals surface area contributed by atoms with Crippen molar-refractivity contribution in [2.45, 2.75) is 38.5 Å². The summed E-state index contributed by atoms with van der Waals surface area (Å²) in [5.74, 6) is 0.831. The summed E-state index contributed by atoms with van der Waals surface area (Å²) in [6.45, 7) is 4.42. The number of nitrogens with zero attached hydrogens (tertiary/aromatic N) is 1. The number of benzene rings is 2. The van der Waals surface area contributed by atoms with Gasteiger partial charge in [-0.05, 0) is 80.1 Å². The van der Waals surface area contributed by atoms with Crippen molar-refractivity contribution in [3.63, 3.8) is 0 Å². The molecule has 2 saturated heterocycles. The van der Waals surface area contributed by atoms with Crippen molar-refractivity contribution in [3.05, 3.63) is 59.9 Å². The molecule has 178 valence electrons. The van der Waals surface area contributed by atoms with Gasteiger partial charge in [0.2, 0.25) is 0 Å². The van der Waals surface area contributed by atoms with Crippen molar-refractivity contribution in [3.8, 4) is 11.1 Å². The number of likely N-dealkylation sites (tertiary alicyclic amines) is 1. The summed E-state index contributed by atoms with van der Waals surface area (Å²) in [5, 5.41) is 7.28. The molecule has 2 fully saturated rings. The highest BCUT2D eigenvalue weighted by Crippen LogP contribution is 2.27. The average molecular weight is 460 g/mol. The van der Waals surface area contributed by atoms with Crippen molar-refractivity contribution < 1.29 is 14.0 Å². The molecule has 5 rings (SSSR count). The number of hydrogen-bond acceptors (Lipinski definition) is 4. The Morgan fingerprint density at radius 3 is 2.35 bits per heavy atom. The quantitative estimate of drug-likeness (QED) is 0.572. The average Bonchev–Trinajstić information content (AvgIpc) is 3.13. The van der Waals surface area contributed by atoms with E-state index in [0.29, 0.717) is 23.8 Å². The second-order valence-corrected chi connectivity index (χ2v) is 9.55. The van der Waals surface area contributed by atoms with Crippen LogP contribution in [0.2, 0.25) is 0 Å². The minimum atomic E-state index is -0.160. The van der Waals surface area contributed by atoms with Crippen LogP contribution in [0.15, 0.2) is 52.9 Å². The lowest BCUT2D eigenvalue weighted by Crippen LogP contribution is -2.35. The van der Waals surface area contributed by atoms with Crippen molar-refractivity contribution in [1.29, 1.82) is 0 Å². The predicted octanol–water partition coefficient (Wildman–Crippen LogP) is 4.85. The summed E-state index contributed by atoms with van der Waals surface area (Å²) in [7, 11) is 0. The lowest BCUT2D eigenvalue weighted by Gasteiger charge is -2.22. The first kappa shape index (κ1) is 22.7. The van der Waals surface area contributed by atoms with E-state index in [2.05, 4.69) is 10.6 Å². The van der Waals surface area contributed by atoms with Crippen LogP contribution < -0.4 is 10.6 Å². The molecule has 2 N–H and O–H groups in total. The molecule has 3 heterocycles. The van der Waals surface area contributed by atoms with Gasteiger partial charge < -0.3 is 20.0 Å². The molecule has 0 saturated carbocycles. The third-order valence-corrected chi connectivity index (χ3v) is 7.11. The van der Waals surface area contributed by atoms with Crippen LogP contribution in [0.25, 0.3) is 22.1 Å². The van der Waals surface area contributed by atoms with Gasteiger partial charge in [0.05, 0.1) is 0 Å². The van der Waals surface area contributed by atoms with Gasteiger partial charge in [0.25, 0.3) is 11.8 Å². The number of furan rings is 1. The molecular weight excluding hydrogens is 426 g/mol. The molecule has 3 aromatic rings. The zero-order chi connectivity index (χ0) is 23.3. The van der Waals surface area contributed by atoms with Crippen molar-refractivity contribution in [1.82, 2.24) is 15.5 Å². The summed E-state index contributed by atoms with van der Waals surface area (Å²) in [6.07, 6.45) is 6.77. The molecule has 6 heteroatoms. The zero-order valence-corrected chi connectivity index (χ0v) is 19.6. The molecule has 2 aliphatic rings. The Hall–Kier alpha value is -3.12. The third-order valence-electron chi connectivity index (χ3n) is 7.11. The fourth-order valence-electron chi connectivity index (χ4n) is 4.99. The van der Waals surface area contributed by atoms with E-state index in [1.165, 1.54) is 12.8 Å². The Balaban J connectivity index is 1.26. The van der Waals surface area contributed by atoms with E-state index in [0.717, 1.165) is 73.9 Å². The SMILES string of the molecule is O=C(NCC1CCNCC1)c1cc2ccc(-c3ccc(C(=O)N4CCCCCC4)cc3)cc2o1. The fourth-order valence-corrected chi connectivity index (χ4v) is 4.99. The molecule has 0 bridgehead atoms. The number of rotatable bonds is 5. The van der Waals surface area contributed by atoms with Gasteiger partial charge in [0.15, 0.2) is 5.76 Å². The van der Waals surface area contributed by atoms with Crippen molar-refractivity contribution in [2.75, 3.05) is 32.7 Å². The van der Waals surface area contributed by atoms with Gasteiger partial charge in [-0.15, -0.1) is 0 Å². The summed E-state index contributed by atoms with van der Waals surface area (Å²) in [6, 6.07) is 15.6. The van der Waals surface area contributed by atoms with E-state index in [4.69, 9.17) is 4.42 Å². The van der Waals surface area contributed by atoms with Crippen molar-refractivity contribution in [2.24, 2.45) is 5.92 Å². The summed E-state index contributed by atoms with van der Waals surface area (Å²) in [5.41, 5.74) is 3.44. The first-order valence-electron chi connectivity index (χ1n) is 12.6. The van der Waals surface area contributed by atoms with E-state index in [1.807, 2.05) is 47.4 Å². The number of amides is 2. The lowest BCUT2D eigenvalue weighted by atomic mass is 9.98. The number of fused-ring (bicyclic) bond motifs is 1. The predicted molar refractivity (Wildman–Crippen MR) is 134 cm³/mol. The van der Waals surface area contributed by atoms with Crippen LogP contribution in [0, 0.1) is 5.92 Å². The van der Waals surface area contributed by atoms with Crippen LogP contribution in [0.1, 0.15) is 59.4 Å². The van der Waals surface area contributed by atoms with E-state index >= 15 is 0 Å². The molecule has 2 aliphatic heterocycles. The van der Waals surface area contributed by atoms with E-state index in [9.17, 15) is 9.59 Å². The molecule has 0 spiro atoms. The zero-order valence-electron chi connectivity index (χ0n) is 19.6. The number of piperidine rings is 1. The number of carbonyl (C=O) groups excluding carboxylic acids is 2. The normalized spacial score (nSPS) is 17.5. The van der Waals surface area contributed by atoms with Crippen LogP contribution in [0.4, 0.5) is 0 Å². The second kappa shape index (κ2) is 10.4. The third kappa shape index (κ3) is 5.17. The molecule has 2 amide bonds. The first-order valence-corrected chi connectivity index (χ1v) is 12.6. The number of nitrogens with one attached hydrogen (secondary N) is 2. The Labute approximate surface area is 200 Å². The van der Waals surface area contributed by atoms with Crippen LogP contribution in [-0.2, 0) is 0 Å². The molecule has 0 unspecified atom stereocenters. The smallest absolute Gasteiger partial charge is 0.287 e. The molecule has 34 heavy (non-hydrogen) atoms. The number of hydrogen-bond donors (Lipinski definition) is 2. The van der Waals surface area contributed by atoms with Gasteiger partial charge in [-0.3, -0.25) is 9.59 Å². The molecule has 2 aromatic carbocycles. The minimum absolute atomic E-state index is 0.120.